The molecule has 0 heterocycles. The summed E-state index contributed by atoms with van der Waals surface area (Å²) in [5, 5.41) is 8.62. The van der Waals surface area contributed by atoms with Crippen molar-refractivity contribution in [3.8, 4) is 0 Å². The van der Waals surface area contributed by atoms with Crippen molar-refractivity contribution in [3.05, 3.63) is 35.6 Å². The molecule has 1 aromatic carbocycles. The first-order valence-corrected chi connectivity index (χ1v) is 4.33. The van der Waals surface area contributed by atoms with Crippen LogP contribution in [-0.4, -0.2) is 17.8 Å². The zero-order valence-electron chi connectivity index (χ0n) is 7.41. The Morgan fingerprint density at radius 1 is 1.31 bits per heavy atom. The van der Waals surface area contributed by atoms with Crippen LogP contribution in [-0.2, 0) is 6.42 Å². The molecule has 0 aliphatic carbocycles. The smallest absolute Gasteiger partial charge is 0.123 e. The second-order valence-corrected chi connectivity index (χ2v) is 3.10. The second kappa shape index (κ2) is 4.94. The monoisotopic (exact) mass is 183 g/mol. The van der Waals surface area contributed by atoms with Crippen molar-refractivity contribution in [1.82, 2.24) is 0 Å². The van der Waals surface area contributed by atoms with E-state index in [0.717, 1.165) is 5.56 Å². The number of rotatable bonds is 4. The molecule has 1 unspecified atom stereocenters. The molecule has 0 aliphatic heterocycles. The third kappa shape index (κ3) is 3.53. The molecule has 0 bridgehead atoms. The Balaban J connectivity index is 2.49. The Bertz CT molecular complexity index is 248. The Kier molecular flexibility index (Phi) is 3.86. The van der Waals surface area contributed by atoms with Crippen LogP contribution >= 0.6 is 0 Å². The summed E-state index contributed by atoms with van der Waals surface area (Å²) in [6.07, 6.45) is 1.26. The Labute approximate surface area is 77.2 Å². The van der Waals surface area contributed by atoms with Crippen LogP contribution in [0.3, 0.4) is 0 Å². The molecule has 13 heavy (non-hydrogen) atoms. The molecule has 3 heteroatoms. The van der Waals surface area contributed by atoms with Gasteiger partial charge in [0.1, 0.15) is 5.82 Å². The van der Waals surface area contributed by atoms with E-state index >= 15 is 0 Å². The molecule has 72 valence electrons. The van der Waals surface area contributed by atoms with Crippen LogP contribution in [0.25, 0.3) is 0 Å². The Morgan fingerprint density at radius 2 is 1.92 bits per heavy atom. The normalized spacial score (nSPS) is 12.8. The number of benzene rings is 1. The molecule has 3 N–H and O–H groups in total. The number of halogens is 1. The molecule has 1 aromatic rings. The summed E-state index contributed by atoms with van der Waals surface area (Å²) in [4.78, 5) is 0. The molecule has 0 amide bonds. The molecule has 0 radical (unpaired) electrons. The molecule has 2 nitrogen and oxygen atoms in total. The number of hydrogen-bond donors (Lipinski definition) is 2. The summed E-state index contributed by atoms with van der Waals surface area (Å²) >= 11 is 0. The predicted octanol–water partition coefficient (Wildman–Crippen LogP) is 1.08. The average Bonchev–Trinajstić information content (AvgIpc) is 2.09. The van der Waals surface area contributed by atoms with Crippen molar-refractivity contribution in [2.45, 2.75) is 18.9 Å². The lowest BCUT2D eigenvalue weighted by molar-refractivity contribution is 0.275. The van der Waals surface area contributed by atoms with Gasteiger partial charge < -0.3 is 10.8 Å². The van der Waals surface area contributed by atoms with Crippen molar-refractivity contribution < 1.29 is 9.50 Å². The molecule has 1 rings (SSSR count). The molecule has 0 saturated heterocycles. The summed E-state index contributed by atoms with van der Waals surface area (Å²) in [6, 6.07) is 6.22. The minimum absolute atomic E-state index is 0.0459. The van der Waals surface area contributed by atoms with Gasteiger partial charge in [-0.3, -0.25) is 0 Å². The first kappa shape index (κ1) is 10.2. The molecule has 0 spiro atoms. The first-order valence-electron chi connectivity index (χ1n) is 4.33. The van der Waals surface area contributed by atoms with Crippen molar-refractivity contribution >= 4 is 0 Å². The fourth-order valence-corrected chi connectivity index (χ4v) is 1.19. The van der Waals surface area contributed by atoms with E-state index in [4.69, 9.17) is 10.8 Å². The summed E-state index contributed by atoms with van der Waals surface area (Å²) in [5.41, 5.74) is 6.70. The summed E-state index contributed by atoms with van der Waals surface area (Å²) in [5.74, 6) is -0.237. The summed E-state index contributed by atoms with van der Waals surface area (Å²) in [7, 11) is 0. The van der Waals surface area contributed by atoms with Crippen LogP contribution in [0.5, 0.6) is 0 Å². The van der Waals surface area contributed by atoms with Crippen LogP contribution in [0.1, 0.15) is 12.0 Å². The average molecular weight is 183 g/mol. The molecule has 0 saturated carbocycles. The van der Waals surface area contributed by atoms with Crippen molar-refractivity contribution in [1.29, 1.82) is 0 Å². The molecule has 0 aliphatic rings. The van der Waals surface area contributed by atoms with Gasteiger partial charge in [0.25, 0.3) is 0 Å². The lowest BCUT2D eigenvalue weighted by Gasteiger charge is -2.09. The van der Waals surface area contributed by atoms with E-state index in [1.165, 1.54) is 12.1 Å². The van der Waals surface area contributed by atoms with E-state index in [0.29, 0.717) is 12.8 Å². The highest BCUT2D eigenvalue weighted by Crippen LogP contribution is 2.06. The molecule has 0 aromatic heterocycles. The first-order chi connectivity index (χ1) is 6.22. The van der Waals surface area contributed by atoms with Gasteiger partial charge in [0.15, 0.2) is 0 Å². The second-order valence-electron chi connectivity index (χ2n) is 3.10. The van der Waals surface area contributed by atoms with Crippen molar-refractivity contribution in [2.24, 2.45) is 5.73 Å². The van der Waals surface area contributed by atoms with Gasteiger partial charge in [-0.15, -0.1) is 0 Å². The van der Waals surface area contributed by atoms with E-state index in [2.05, 4.69) is 0 Å². The van der Waals surface area contributed by atoms with Gasteiger partial charge in [-0.25, -0.2) is 4.39 Å². The lowest BCUT2D eigenvalue weighted by Crippen LogP contribution is -2.23. The van der Waals surface area contributed by atoms with Gasteiger partial charge in [0, 0.05) is 12.6 Å². The maximum Gasteiger partial charge on any atom is 0.123 e. The number of nitrogens with two attached hydrogens (primary N) is 1. The van der Waals surface area contributed by atoms with E-state index in [9.17, 15) is 4.39 Å². The minimum Gasteiger partial charge on any atom is -0.396 e. The molecule has 0 fully saturated rings. The van der Waals surface area contributed by atoms with Crippen molar-refractivity contribution in [3.63, 3.8) is 0 Å². The largest absolute Gasteiger partial charge is 0.396 e. The highest BCUT2D eigenvalue weighted by molar-refractivity contribution is 5.16. The summed E-state index contributed by atoms with van der Waals surface area (Å²) < 4.78 is 12.5. The zero-order valence-corrected chi connectivity index (χ0v) is 7.41. The number of aliphatic hydroxyl groups excluding tert-OH is 1. The van der Waals surface area contributed by atoms with Gasteiger partial charge >= 0.3 is 0 Å². The molecular weight excluding hydrogens is 169 g/mol. The predicted molar refractivity (Wildman–Crippen MR) is 49.8 cm³/mol. The topological polar surface area (TPSA) is 46.2 Å². The lowest BCUT2D eigenvalue weighted by atomic mass is 10.0. The summed E-state index contributed by atoms with van der Waals surface area (Å²) in [6.45, 7) is 0.0996. The zero-order chi connectivity index (χ0) is 9.68. The highest BCUT2D eigenvalue weighted by atomic mass is 19.1. The molecular formula is C10H14FNO. The highest BCUT2D eigenvalue weighted by Gasteiger charge is 2.02. The number of hydrogen-bond acceptors (Lipinski definition) is 2. The maximum atomic E-state index is 12.5. The van der Waals surface area contributed by atoms with Crippen LogP contribution in [0.4, 0.5) is 4.39 Å². The van der Waals surface area contributed by atoms with Crippen molar-refractivity contribution in [2.75, 3.05) is 6.61 Å². The fourth-order valence-electron chi connectivity index (χ4n) is 1.19. The van der Waals surface area contributed by atoms with E-state index < -0.39 is 0 Å². The van der Waals surface area contributed by atoms with Gasteiger partial charge in [0.2, 0.25) is 0 Å². The van der Waals surface area contributed by atoms with Crippen LogP contribution in [0.15, 0.2) is 24.3 Å². The third-order valence-electron chi connectivity index (χ3n) is 1.91. The Hall–Kier alpha value is -0.930. The van der Waals surface area contributed by atoms with E-state index in [1.54, 1.807) is 12.1 Å². The van der Waals surface area contributed by atoms with Gasteiger partial charge in [-0.2, -0.15) is 0 Å². The van der Waals surface area contributed by atoms with Crippen LogP contribution in [0, 0.1) is 5.82 Å². The Morgan fingerprint density at radius 3 is 2.46 bits per heavy atom. The van der Waals surface area contributed by atoms with Crippen LogP contribution < -0.4 is 5.73 Å². The SMILES string of the molecule is NC(CCO)Cc1ccc(F)cc1. The van der Waals surface area contributed by atoms with E-state index in [1.807, 2.05) is 0 Å². The number of aliphatic hydroxyl groups is 1. The van der Waals surface area contributed by atoms with E-state index in [-0.39, 0.29) is 18.5 Å². The van der Waals surface area contributed by atoms with Crippen LogP contribution in [0.2, 0.25) is 0 Å². The minimum atomic E-state index is -0.237. The van der Waals surface area contributed by atoms with Gasteiger partial charge in [-0.05, 0) is 30.5 Å². The quantitative estimate of drug-likeness (QED) is 0.733. The standard InChI is InChI=1S/C10H14FNO/c11-9-3-1-8(2-4-9)7-10(12)5-6-13/h1-4,10,13H,5-7,12H2. The van der Waals surface area contributed by atoms with Gasteiger partial charge in [0.05, 0.1) is 0 Å². The maximum absolute atomic E-state index is 12.5. The van der Waals surface area contributed by atoms with Gasteiger partial charge in [-0.1, -0.05) is 12.1 Å². The molecule has 1 atom stereocenters. The third-order valence-corrected chi connectivity index (χ3v) is 1.91. The fraction of sp³-hybridized carbons (Fsp3) is 0.400.